The summed E-state index contributed by atoms with van der Waals surface area (Å²) in [5, 5.41) is -0.248. The molecule has 0 spiro atoms. The van der Waals surface area contributed by atoms with Crippen LogP contribution in [0.5, 0.6) is 0 Å². The van der Waals surface area contributed by atoms with Gasteiger partial charge < -0.3 is 0 Å². The molecule has 1 atom stereocenters. The molecular weight excluding hydrogens is 322 g/mol. The van der Waals surface area contributed by atoms with E-state index in [9.17, 15) is 16.8 Å². The van der Waals surface area contributed by atoms with Crippen molar-refractivity contribution in [1.29, 1.82) is 0 Å². The molecule has 1 aromatic rings. The second-order valence-electron chi connectivity index (χ2n) is 4.97. The molecule has 0 aliphatic carbocycles. The topological polar surface area (TPSA) is 71.5 Å². The van der Waals surface area contributed by atoms with Crippen LogP contribution in [-0.4, -0.2) is 45.7 Å². The zero-order valence-corrected chi connectivity index (χ0v) is 13.6. The van der Waals surface area contributed by atoms with E-state index >= 15 is 0 Å². The van der Waals surface area contributed by atoms with Gasteiger partial charge in [0, 0.05) is 24.4 Å². The Balaban J connectivity index is 2.36. The molecule has 1 aromatic carbocycles. The first-order valence-corrected chi connectivity index (χ1v) is 9.85. The van der Waals surface area contributed by atoms with Crippen LogP contribution in [0, 0.1) is 6.92 Å². The first-order chi connectivity index (χ1) is 9.14. The third-order valence-corrected chi connectivity index (χ3v) is 7.56. The summed E-state index contributed by atoms with van der Waals surface area (Å²) in [7, 11) is -6.93. The highest BCUT2D eigenvalue weighted by atomic mass is 35.5. The van der Waals surface area contributed by atoms with Crippen molar-refractivity contribution in [1.82, 2.24) is 4.31 Å². The smallest absolute Gasteiger partial charge is 0.229 e. The third-order valence-electron chi connectivity index (χ3n) is 3.55. The average molecular weight is 338 g/mol. The van der Waals surface area contributed by atoms with Gasteiger partial charge >= 0.3 is 0 Å². The van der Waals surface area contributed by atoms with Crippen LogP contribution in [0.15, 0.2) is 23.1 Å². The van der Waals surface area contributed by atoms with Crippen LogP contribution in [0.2, 0.25) is 5.02 Å². The predicted octanol–water partition coefficient (Wildman–Crippen LogP) is 1.46. The van der Waals surface area contributed by atoms with Crippen molar-refractivity contribution in [3.05, 3.63) is 28.8 Å². The molecule has 0 N–H and O–H groups in total. The number of nitrogens with zero attached hydrogens (tertiary/aromatic N) is 1. The number of halogens is 1. The molecule has 1 fully saturated rings. The zero-order valence-electron chi connectivity index (χ0n) is 11.2. The van der Waals surface area contributed by atoms with Crippen molar-refractivity contribution in [3.8, 4) is 0 Å². The van der Waals surface area contributed by atoms with Crippen LogP contribution in [0.4, 0.5) is 0 Å². The maximum Gasteiger partial charge on any atom is 0.243 e. The number of benzene rings is 1. The minimum absolute atomic E-state index is 0.00706. The highest BCUT2D eigenvalue weighted by Gasteiger charge is 2.37. The number of rotatable bonds is 3. The van der Waals surface area contributed by atoms with Crippen molar-refractivity contribution in [2.45, 2.75) is 23.5 Å². The van der Waals surface area contributed by atoms with Crippen molar-refractivity contribution in [2.75, 3.05) is 19.3 Å². The van der Waals surface area contributed by atoms with Gasteiger partial charge in [-0.05, 0) is 31.0 Å². The van der Waals surface area contributed by atoms with Gasteiger partial charge in [-0.15, -0.1) is 0 Å². The van der Waals surface area contributed by atoms with Gasteiger partial charge in [-0.1, -0.05) is 17.7 Å². The van der Waals surface area contributed by atoms with E-state index in [1.165, 1.54) is 10.4 Å². The summed E-state index contributed by atoms with van der Waals surface area (Å²) in [6.45, 7) is 1.86. The fourth-order valence-corrected chi connectivity index (χ4v) is 5.33. The Labute approximate surface area is 124 Å². The highest BCUT2D eigenvalue weighted by Crippen LogP contribution is 2.28. The second kappa shape index (κ2) is 5.29. The lowest BCUT2D eigenvalue weighted by Crippen LogP contribution is -2.32. The minimum atomic E-state index is -3.70. The summed E-state index contributed by atoms with van der Waals surface area (Å²) in [5.74, 6) is 0. The van der Waals surface area contributed by atoms with Gasteiger partial charge in [0.05, 0.1) is 10.1 Å². The van der Waals surface area contributed by atoms with Gasteiger partial charge in [0.1, 0.15) is 0 Å². The second-order valence-corrected chi connectivity index (χ2v) is 9.61. The fraction of sp³-hybridized carbons (Fsp3) is 0.500. The van der Waals surface area contributed by atoms with Crippen molar-refractivity contribution < 1.29 is 16.8 Å². The van der Waals surface area contributed by atoms with Crippen LogP contribution in [-0.2, 0) is 19.9 Å². The Kier molecular flexibility index (Phi) is 4.17. The summed E-state index contributed by atoms with van der Waals surface area (Å²) in [6.07, 6.45) is 1.47. The van der Waals surface area contributed by atoms with Gasteiger partial charge in [-0.3, -0.25) is 0 Å². The average Bonchev–Trinajstić information content (AvgIpc) is 2.82. The minimum Gasteiger partial charge on any atom is -0.229 e. The molecule has 5 nitrogen and oxygen atoms in total. The molecule has 0 saturated carbocycles. The van der Waals surface area contributed by atoms with Crippen LogP contribution in [0.1, 0.15) is 12.0 Å². The molecule has 1 heterocycles. The zero-order chi connectivity index (χ0) is 15.1. The molecule has 8 heteroatoms. The molecule has 0 radical (unpaired) electrons. The predicted molar refractivity (Wildman–Crippen MR) is 78.2 cm³/mol. The van der Waals surface area contributed by atoms with E-state index < -0.39 is 25.1 Å². The van der Waals surface area contributed by atoms with E-state index in [1.54, 1.807) is 19.1 Å². The summed E-state index contributed by atoms with van der Waals surface area (Å²) >= 11 is 5.95. The molecule has 0 unspecified atom stereocenters. The lowest BCUT2D eigenvalue weighted by Gasteiger charge is -2.18. The molecule has 0 aromatic heterocycles. The lowest BCUT2D eigenvalue weighted by atomic mass is 10.2. The van der Waals surface area contributed by atoms with Crippen molar-refractivity contribution in [3.63, 3.8) is 0 Å². The Morgan fingerprint density at radius 1 is 1.25 bits per heavy atom. The van der Waals surface area contributed by atoms with Crippen LogP contribution in [0.25, 0.3) is 0 Å². The maximum atomic E-state index is 12.6. The first-order valence-electron chi connectivity index (χ1n) is 6.08. The molecule has 0 amide bonds. The van der Waals surface area contributed by atoms with Crippen molar-refractivity contribution in [2.24, 2.45) is 0 Å². The van der Waals surface area contributed by atoms with Crippen LogP contribution >= 0.6 is 11.6 Å². The summed E-state index contributed by atoms with van der Waals surface area (Å²) in [5.41, 5.74) is 0.483. The Hall–Kier alpha value is -0.630. The van der Waals surface area contributed by atoms with Gasteiger partial charge in [0.15, 0.2) is 9.84 Å². The number of hydrogen-bond donors (Lipinski definition) is 0. The molecule has 1 aliphatic heterocycles. The van der Waals surface area contributed by atoms with Crippen molar-refractivity contribution >= 4 is 31.5 Å². The summed E-state index contributed by atoms with van der Waals surface area (Å²) in [4.78, 5) is 0.138. The molecule has 20 heavy (non-hydrogen) atoms. The molecule has 2 rings (SSSR count). The third kappa shape index (κ3) is 2.86. The van der Waals surface area contributed by atoms with Crippen LogP contribution in [0.3, 0.4) is 0 Å². The largest absolute Gasteiger partial charge is 0.243 e. The number of sulfonamides is 1. The Morgan fingerprint density at radius 2 is 1.90 bits per heavy atom. The Bertz CT molecular complexity index is 728. The summed E-state index contributed by atoms with van der Waals surface area (Å²) in [6, 6.07) is 4.69. The molecule has 112 valence electrons. The quantitative estimate of drug-likeness (QED) is 0.837. The molecule has 1 saturated heterocycles. The number of sulfone groups is 1. The molecular formula is C12H16ClNO4S2. The lowest BCUT2D eigenvalue weighted by molar-refractivity contribution is 0.476. The SMILES string of the molecule is Cc1c(Cl)cccc1S(=O)(=O)N1CC[C@@H](S(C)(=O)=O)C1. The van der Waals surface area contributed by atoms with Gasteiger partial charge in [-0.25, -0.2) is 16.8 Å². The summed E-state index contributed by atoms with van der Waals surface area (Å²) < 4.78 is 49.4. The van der Waals surface area contributed by atoms with E-state index in [2.05, 4.69) is 0 Å². The number of hydrogen-bond acceptors (Lipinski definition) is 4. The van der Waals surface area contributed by atoms with Gasteiger partial charge in [0.2, 0.25) is 10.0 Å². The van der Waals surface area contributed by atoms with Gasteiger partial charge in [0.25, 0.3) is 0 Å². The van der Waals surface area contributed by atoms with Gasteiger partial charge in [-0.2, -0.15) is 4.31 Å². The first kappa shape index (κ1) is 15.8. The van der Waals surface area contributed by atoms with E-state index in [-0.39, 0.29) is 18.0 Å². The van der Waals surface area contributed by atoms with Crippen LogP contribution < -0.4 is 0 Å². The molecule has 1 aliphatic rings. The monoisotopic (exact) mass is 337 g/mol. The normalized spacial score (nSPS) is 21.2. The highest BCUT2D eigenvalue weighted by molar-refractivity contribution is 7.91. The maximum absolute atomic E-state index is 12.6. The molecule has 0 bridgehead atoms. The van der Waals surface area contributed by atoms with E-state index in [0.29, 0.717) is 17.0 Å². The standard InChI is InChI=1S/C12H16ClNO4S2/c1-9-11(13)4-3-5-12(9)20(17,18)14-7-6-10(8-14)19(2,15)16/h3-5,10H,6-8H2,1-2H3/t10-/m1/s1. The van der Waals surface area contributed by atoms with E-state index in [0.717, 1.165) is 6.26 Å². The Morgan fingerprint density at radius 3 is 2.45 bits per heavy atom. The van der Waals surface area contributed by atoms with E-state index in [4.69, 9.17) is 11.6 Å². The van der Waals surface area contributed by atoms with E-state index in [1.807, 2.05) is 0 Å². The fourth-order valence-electron chi connectivity index (χ4n) is 2.27.